The Balaban J connectivity index is 2.15. The summed E-state index contributed by atoms with van der Waals surface area (Å²) in [6, 6.07) is 9.11. The van der Waals surface area contributed by atoms with Gasteiger partial charge in [0, 0.05) is 12.1 Å². The summed E-state index contributed by atoms with van der Waals surface area (Å²) >= 11 is 6.11. The van der Waals surface area contributed by atoms with Crippen LogP contribution in [0.5, 0.6) is 17.2 Å². The first kappa shape index (κ1) is 21.7. The van der Waals surface area contributed by atoms with E-state index in [4.69, 9.17) is 25.8 Å². The van der Waals surface area contributed by atoms with Crippen molar-refractivity contribution >= 4 is 28.9 Å². The number of benzene rings is 2. The van der Waals surface area contributed by atoms with Gasteiger partial charge in [-0.3, -0.25) is 4.79 Å². The fourth-order valence-corrected chi connectivity index (χ4v) is 2.87. The topological polar surface area (TPSA) is 68.8 Å². The van der Waals surface area contributed by atoms with Crippen LogP contribution in [0.3, 0.4) is 0 Å². The maximum Gasteiger partial charge on any atom is 0.243 e. The van der Waals surface area contributed by atoms with Crippen molar-refractivity contribution in [1.29, 1.82) is 0 Å². The fourth-order valence-electron chi connectivity index (χ4n) is 2.64. The summed E-state index contributed by atoms with van der Waals surface area (Å²) in [7, 11) is 4.63. The second-order valence-corrected chi connectivity index (χ2v) is 7.66. The van der Waals surface area contributed by atoms with Crippen LogP contribution in [0.1, 0.15) is 26.3 Å². The van der Waals surface area contributed by atoms with Crippen LogP contribution in [-0.2, 0) is 10.2 Å². The van der Waals surface area contributed by atoms with Gasteiger partial charge in [0.15, 0.2) is 0 Å². The van der Waals surface area contributed by atoms with Gasteiger partial charge in [0.25, 0.3) is 0 Å². The normalized spacial score (nSPS) is 11.0. The van der Waals surface area contributed by atoms with E-state index < -0.39 is 0 Å². The first-order valence-electron chi connectivity index (χ1n) is 8.83. The Kier molecular flexibility index (Phi) is 7.02. The van der Waals surface area contributed by atoms with Gasteiger partial charge in [0.2, 0.25) is 5.91 Å². The molecule has 0 atom stereocenters. The molecule has 152 valence electrons. The summed E-state index contributed by atoms with van der Waals surface area (Å²) in [5.74, 6) is 1.39. The molecule has 0 aliphatic rings. The summed E-state index contributed by atoms with van der Waals surface area (Å²) in [4.78, 5) is 12.5. The first-order valence-corrected chi connectivity index (χ1v) is 9.21. The van der Waals surface area contributed by atoms with Gasteiger partial charge in [-0.1, -0.05) is 38.4 Å². The zero-order valence-corrected chi connectivity index (χ0v) is 17.9. The number of rotatable bonds is 7. The van der Waals surface area contributed by atoms with E-state index in [1.54, 1.807) is 19.2 Å². The maximum absolute atomic E-state index is 12.5. The average Bonchev–Trinajstić information content (AvgIpc) is 2.65. The minimum atomic E-state index is -0.222. The molecule has 0 spiro atoms. The zero-order chi connectivity index (χ0) is 20.9. The maximum atomic E-state index is 12.5. The molecule has 0 aliphatic heterocycles. The number of methoxy groups -OCH3 is 3. The predicted octanol–water partition coefficient (Wildman–Crippen LogP) is 4.71. The van der Waals surface area contributed by atoms with Crippen LogP contribution >= 0.6 is 11.6 Å². The van der Waals surface area contributed by atoms with Crippen molar-refractivity contribution in [3.05, 3.63) is 40.9 Å². The van der Waals surface area contributed by atoms with E-state index in [2.05, 4.69) is 31.4 Å². The Morgan fingerprint density at radius 2 is 1.57 bits per heavy atom. The van der Waals surface area contributed by atoms with Crippen LogP contribution in [0.4, 0.5) is 11.4 Å². The van der Waals surface area contributed by atoms with Crippen molar-refractivity contribution in [3.63, 3.8) is 0 Å². The third-order valence-corrected chi connectivity index (χ3v) is 4.55. The van der Waals surface area contributed by atoms with Gasteiger partial charge in [0.1, 0.15) is 17.2 Å². The van der Waals surface area contributed by atoms with Gasteiger partial charge >= 0.3 is 0 Å². The molecule has 0 unspecified atom stereocenters. The molecule has 0 fully saturated rings. The molecule has 7 heteroatoms. The lowest BCUT2D eigenvalue weighted by molar-refractivity contribution is -0.114. The summed E-state index contributed by atoms with van der Waals surface area (Å²) in [5, 5.41) is 6.38. The highest BCUT2D eigenvalue weighted by Gasteiger charge is 2.17. The standard InChI is InChI=1S/C21H27ClN2O4/c1-21(2,3)13-7-8-17(26-4)16(9-13)24-20(25)12-23-15-11-18(27-5)14(22)10-19(15)28-6/h7-11,23H,12H2,1-6H3,(H,24,25). The van der Waals surface area contributed by atoms with Crippen molar-refractivity contribution in [2.45, 2.75) is 26.2 Å². The quantitative estimate of drug-likeness (QED) is 0.696. The van der Waals surface area contributed by atoms with Gasteiger partial charge in [-0.2, -0.15) is 0 Å². The molecule has 28 heavy (non-hydrogen) atoms. The molecule has 0 saturated carbocycles. The fraction of sp³-hybridized carbons (Fsp3) is 0.381. The van der Waals surface area contributed by atoms with Gasteiger partial charge in [-0.25, -0.2) is 0 Å². The number of carbonyl (C=O) groups is 1. The Bertz CT molecular complexity index is 847. The van der Waals surface area contributed by atoms with Gasteiger partial charge in [0.05, 0.1) is 44.3 Å². The Labute approximate surface area is 171 Å². The lowest BCUT2D eigenvalue weighted by Crippen LogP contribution is -2.23. The minimum Gasteiger partial charge on any atom is -0.495 e. The van der Waals surface area contributed by atoms with E-state index in [9.17, 15) is 4.79 Å². The van der Waals surface area contributed by atoms with E-state index in [1.165, 1.54) is 14.2 Å². The Morgan fingerprint density at radius 3 is 2.14 bits per heavy atom. The summed E-state index contributed by atoms with van der Waals surface area (Å²) in [5.41, 5.74) is 2.29. The molecule has 0 bridgehead atoms. The Morgan fingerprint density at radius 1 is 0.929 bits per heavy atom. The molecule has 0 saturated heterocycles. The van der Waals surface area contributed by atoms with Crippen molar-refractivity contribution in [3.8, 4) is 17.2 Å². The highest BCUT2D eigenvalue weighted by Crippen LogP contribution is 2.36. The summed E-state index contributed by atoms with van der Waals surface area (Å²) in [6.07, 6.45) is 0. The minimum absolute atomic E-state index is 0.0318. The van der Waals surface area contributed by atoms with Crippen molar-refractivity contribution < 1.29 is 19.0 Å². The number of carbonyl (C=O) groups excluding carboxylic acids is 1. The molecular weight excluding hydrogens is 380 g/mol. The van der Waals surface area contributed by atoms with Crippen LogP contribution in [0, 0.1) is 0 Å². The smallest absolute Gasteiger partial charge is 0.243 e. The van der Waals surface area contributed by atoms with Crippen LogP contribution in [0.15, 0.2) is 30.3 Å². The summed E-state index contributed by atoms with van der Waals surface area (Å²) in [6.45, 7) is 6.37. The number of hydrogen-bond acceptors (Lipinski definition) is 5. The molecule has 0 heterocycles. The largest absolute Gasteiger partial charge is 0.495 e. The van der Waals surface area contributed by atoms with E-state index >= 15 is 0 Å². The van der Waals surface area contributed by atoms with Crippen molar-refractivity contribution in [1.82, 2.24) is 0 Å². The third kappa shape index (κ3) is 5.23. The van der Waals surface area contributed by atoms with E-state index in [0.717, 1.165) is 5.56 Å². The van der Waals surface area contributed by atoms with Crippen LogP contribution < -0.4 is 24.8 Å². The number of amides is 1. The SMILES string of the molecule is COc1cc(NCC(=O)Nc2cc(C(C)(C)C)ccc2OC)c(OC)cc1Cl. The Hall–Kier alpha value is -2.60. The van der Waals surface area contributed by atoms with Crippen molar-refractivity contribution in [2.75, 3.05) is 38.5 Å². The molecule has 2 aromatic rings. The van der Waals surface area contributed by atoms with Crippen LogP contribution in [0.25, 0.3) is 0 Å². The predicted molar refractivity (Wildman–Crippen MR) is 113 cm³/mol. The van der Waals surface area contributed by atoms with Crippen molar-refractivity contribution in [2.24, 2.45) is 0 Å². The van der Waals surface area contributed by atoms with Crippen LogP contribution in [0.2, 0.25) is 5.02 Å². The molecule has 2 aromatic carbocycles. The van der Waals surface area contributed by atoms with Gasteiger partial charge < -0.3 is 24.8 Å². The molecule has 2 rings (SSSR count). The number of nitrogens with one attached hydrogen (secondary N) is 2. The number of ether oxygens (including phenoxy) is 3. The number of anilines is 2. The highest BCUT2D eigenvalue weighted by molar-refractivity contribution is 6.32. The lowest BCUT2D eigenvalue weighted by atomic mass is 9.87. The van der Waals surface area contributed by atoms with Gasteiger partial charge in [-0.15, -0.1) is 0 Å². The second kappa shape index (κ2) is 9.06. The molecule has 2 N–H and O–H groups in total. The number of halogens is 1. The second-order valence-electron chi connectivity index (χ2n) is 7.25. The average molecular weight is 407 g/mol. The molecular formula is C21H27ClN2O4. The lowest BCUT2D eigenvalue weighted by Gasteiger charge is -2.21. The monoisotopic (exact) mass is 406 g/mol. The molecule has 0 radical (unpaired) electrons. The molecule has 0 aliphatic carbocycles. The molecule has 1 amide bonds. The molecule has 6 nitrogen and oxygen atoms in total. The van der Waals surface area contributed by atoms with E-state index in [1.807, 2.05) is 18.2 Å². The zero-order valence-electron chi connectivity index (χ0n) is 17.1. The highest BCUT2D eigenvalue weighted by atomic mass is 35.5. The summed E-state index contributed by atoms with van der Waals surface area (Å²) < 4.78 is 15.9. The van der Waals surface area contributed by atoms with Gasteiger partial charge in [-0.05, 0) is 23.1 Å². The van der Waals surface area contributed by atoms with E-state index in [0.29, 0.717) is 33.6 Å². The third-order valence-electron chi connectivity index (χ3n) is 4.25. The first-order chi connectivity index (χ1) is 13.2. The van der Waals surface area contributed by atoms with Crippen LogP contribution in [-0.4, -0.2) is 33.8 Å². The number of hydrogen-bond donors (Lipinski definition) is 2. The molecule has 0 aromatic heterocycles. The van der Waals surface area contributed by atoms with E-state index in [-0.39, 0.29) is 17.9 Å².